The van der Waals surface area contributed by atoms with E-state index in [1.165, 1.54) is 11.3 Å². The molecule has 33 heavy (non-hydrogen) atoms. The Morgan fingerprint density at radius 2 is 2.00 bits per heavy atom. The van der Waals surface area contributed by atoms with Gasteiger partial charge in [0.15, 0.2) is 0 Å². The molecule has 3 heterocycles. The molecule has 0 spiro atoms. The maximum atomic E-state index is 13.0. The summed E-state index contributed by atoms with van der Waals surface area (Å²) >= 11 is 6.48. The Hall–Kier alpha value is -2.55. The fourth-order valence-corrected chi connectivity index (χ4v) is 8.69. The van der Waals surface area contributed by atoms with E-state index in [2.05, 4.69) is 19.9 Å². The minimum absolute atomic E-state index is 0.0152. The van der Waals surface area contributed by atoms with Gasteiger partial charge >= 0.3 is 205 Å². The van der Waals surface area contributed by atoms with Crippen molar-refractivity contribution in [2.45, 2.75) is 38.1 Å². The first-order chi connectivity index (χ1) is 15.9. The van der Waals surface area contributed by atoms with Crippen molar-refractivity contribution in [3.05, 3.63) is 35.4 Å². The zero-order chi connectivity index (χ0) is 23.1. The van der Waals surface area contributed by atoms with Gasteiger partial charge < -0.3 is 0 Å². The molecule has 12 heteroatoms. The van der Waals surface area contributed by atoms with Crippen LogP contribution in [0.15, 0.2) is 24.5 Å². The van der Waals surface area contributed by atoms with E-state index < -0.39 is 21.7 Å². The summed E-state index contributed by atoms with van der Waals surface area (Å²) in [7, 11) is 0. The van der Waals surface area contributed by atoms with Crippen LogP contribution in [0.1, 0.15) is 37.3 Å². The van der Waals surface area contributed by atoms with E-state index in [4.69, 9.17) is 22.4 Å². The third-order valence-corrected chi connectivity index (χ3v) is 10.2. The predicted molar refractivity (Wildman–Crippen MR) is 128 cm³/mol. The second-order valence-electron chi connectivity index (χ2n) is 8.09. The number of anilines is 1. The third kappa shape index (κ3) is 4.60. The monoisotopic (exact) mass is 546 g/mol. The van der Waals surface area contributed by atoms with E-state index in [-0.39, 0.29) is 29.5 Å². The number of nitrogens with zero attached hydrogens (tertiary/aromatic N) is 5. The number of hydrogen-bond acceptors (Lipinski definition) is 8. The van der Waals surface area contributed by atoms with Crippen LogP contribution in [0.5, 0.6) is 0 Å². The number of halogens is 1. The van der Waals surface area contributed by atoms with Crippen molar-refractivity contribution >= 4 is 80.2 Å². The molecule has 1 aliphatic carbocycles. The fraction of sp³-hybridized carbons (Fsp3) is 0.333. The summed E-state index contributed by atoms with van der Waals surface area (Å²) in [5.74, 6) is -0.543. The zero-order valence-electron chi connectivity index (χ0n) is 17.4. The van der Waals surface area contributed by atoms with Gasteiger partial charge in [0.05, 0.1) is 0 Å². The molecular weight excluding hydrogens is 527 g/mol. The zero-order valence-corrected chi connectivity index (χ0v) is 21.0. The molecule has 170 valence electrons. The second-order valence-corrected chi connectivity index (χ2v) is 12.8. The summed E-state index contributed by atoms with van der Waals surface area (Å²) in [5, 5.41) is 9.09. The van der Waals surface area contributed by atoms with Crippen LogP contribution in [0.4, 0.5) is 5.82 Å². The van der Waals surface area contributed by atoms with Crippen molar-refractivity contribution < 1.29 is 14.7 Å². The molecule has 5 rings (SSSR count). The molecule has 0 radical (unpaired) electrons. The van der Waals surface area contributed by atoms with Crippen LogP contribution in [0.2, 0.25) is 5.28 Å². The number of carbonyl (C=O) groups is 2. The molecule has 1 aromatic carbocycles. The van der Waals surface area contributed by atoms with Gasteiger partial charge in [0.25, 0.3) is 0 Å². The van der Waals surface area contributed by atoms with Crippen molar-refractivity contribution in [1.82, 2.24) is 24.5 Å². The number of hydrogen-bond donors (Lipinski definition) is 2. The Bertz CT molecular complexity index is 1380. The number of aromatic nitrogens is 5. The van der Waals surface area contributed by atoms with E-state index in [0.717, 1.165) is 45.3 Å². The maximum absolute atomic E-state index is 13.0. The Labute approximate surface area is 204 Å². The Morgan fingerprint density at radius 1 is 1.21 bits per heavy atom. The fourth-order valence-electron chi connectivity index (χ4n) is 4.31. The van der Waals surface area contributed by atoms with Crippen LogP contribution in [0, 0.1) is 5.92 Å². The number of rotatable bonds is 6. The van der Waals surface area contributed by atoms with Gasteiger partial charge in [-0.1, -0.05) is 0 Å². The average Bonchev–Trinajstić information content (AvgIpc) is 3.36. The number of carbonyl (C=O) groups excluding carboxylic acids is 1. The molecule has 4 aromatic rings. The number of nitrogens with two attached hydrogens (primary N) is 1. The van der Waals surface area contributed by atoms with Crippen molar-refractivity contribution in [1.29, 1.82) is 0 Å². The van der Waals surface area contributed by atoms with Crippen molar-refractivity contribution in [3.8, 4) is 0 Å². The molecule has 1 fully saturated rings. The third-order valence-electron chi connectivity index (χ3n) is 5.92. The van der Waals surface area contributed by atoms with Gasteiger partial charge in [0.1, 0.15) is 0 Å². The van der Waals surface area contributed by atoms with Gasteiger partial charge in [-0.3, -0.25) is 0 Å². The Morgan fingerprint density at radius 3 is 2.76 bits per heavy atom. The molecule has 0 amide bonds. The predicted octanol–water partition coefficient (Wildman–Crippen LogP) is 2.32. The number of benzene rings is 1. The molecule has 3 aromatic heterocycles. The molecule has 1 atom stereocenters. The van der Waals surface area contributed by atoms with Crippen LogP contribution >= 0.6 is 22.9 Å². The van der Waals surface area contributed by atoms with Gasteiger partial charge in [0.2, 0.25) is 0 Å². The molecule has 9 nitrogen and oxygen atoms in total. The molecule has 1 saturated carbocycles. The summed E-state index contributed by atoms with van der Waals surface area (Å²) in [6, 6.07) is 5.69. The van der Waals surface area contributed by atoms with Crippen LogP contribution in [0.25, 0.3) is 21.4 Å². The summed E-state index contributed by atoms with van der Waals surface area (Å²) in [4.78, 5) is 41.2. The van der Waals surface area contributed by atoms with E-state index >= 15 is 0 Å². The number of fused-ring (bicyclic) bond motifs is 2. The van der Waals surface area contributed by atoms with Crippen LogP contribution in [-0.2, 0) is 16.0 Å². The summed E-state index contributed by atoms with van der Waals surface area (Å²) in [6.07, 6.45) is 5.05. The molecule has 0 aliphatic heterocycles. The molecule has 1 unspecified atom stereocenters. The SMILES string of the molecule is Nc1nc(Cl)nc2c1ncn2C1CCC(C(=O)[AsH]c2nc3ccc(CC(=O)O)cc3s2)CC1. The standard InChI is InChI=1S/C21H20AsClN6O3S/c23-21-27-18(24)16-19(28-21)29(9-25-16)12-4-2-11(3-5-12)17(32)22-20-26-13-6-1-10(8-15(30)31)7-14(13)33-20/h1,6-7,9,11-12,22H,2-5,8H2,(H,30,31)(H2,24,27,28). The van der Waals surface area contributed by atoms with E-state index in [0.29, 0.717) is 15.7 Å². The van der Waals surface area contributed by atoms with Gasteiger partial charge in [0, 0.05) is 0 Å². The number of nitrogen functional groups attached to an aromatic ring is 1. The molecule has 1 aliphatic rings. The summed E-state index contributed by atoms with van der Waals surface area (Å²) < 4.78 is 4.16. The van der Waals surface area contributed by atoms with Crippen molar-refractivity contribution in [2.75, 3.05) is 5.73 Å². The topological polar surface area (TPSA) is 137 Å². The minimum atomic E-state index is -1.01. The second kappa shape index (κ2) is 9.00. The van der Waals surface area contributed by atoms with Gasteiger partial charge in [-0.15, -0.1) is 0 Å². The Kier molecular flexibility index (Phi) is 6.07. The van der Waals surface area contributed by atoms with Crippen molar-refractivity contribution in [3.63, 3.8) is 0 Å². The van der Waals surface area contributed by atoms with Crippen molar-refractivity contribution in [2.24, 2.45) is 5.92 Å². The number of imidazole rings is 1. The van der Waals surface area contributed by atoms with Gasteiger partial charge in [-0.05, 0) is 0 Å². The summed E-state index contributed by atoms with van der Waals surface area (Å²) in [5.41, 5.74) is 8.66. The van der Waals surface area contributed by atoms with Gasteiger partial charge in [-0.2, -0.15) is 0 Å². The molecule has 3 N–H and O–H groups in total. The molecular formula is C21H20AsClN6O3S. The van der Waals surface area contributed by atoms with E-state index in [9.17, 15) is 9.59 Å². The van der Waals surface area contributed by atoms with Crippen LogP contribution in [0.3, 0.4) is 0 Å². The molecule has 0 saturated heterocycles. The normalized spacial score (nSPS) is 19.1. The quantitative estimate of drug-likeness (QED) is 0.278. The summed E-state index contributed by atoms with van der Waals surface area (Å²) in [6.45, 7) is 0. The first-order valence-corrected chi connectivity index (χ1v) is 13.7. The molecule has 0 bridgehead atoms. The number of carboxylic acid groups (broad SMARTS) is 1. The first-order valence-electron chi connectivity index (χ1n) is 10.4. The van der Waals surface area contributed by atoms with E-state index in [1.807, 2.05) is 16.7 Å². The first kappa shape index (κ1) is 22.3. The number of carboxylic acids is 1. The number of aliphatic carboxylic acids is 1. The average molecular weight is 547 g/mol. The number of thiazole rings is 1. The Balaban J connectivity index is 1.24. The van der Waals surface area contributed by atoms with E-state index in [1.54, 1.807) is 12.4 Å². The van der Waals surface area contributed by atoms with Crippen LogP contribution < -0.4 is 9.53 Å². The van der Waals surface area contributed by atoms with Crippen LogP contribution in [-0.4, -0.2) is 55.9 Å². The van der Waals surface area contributed by atoms with Gasteiger partial charge in [-0.25, -0.2) is 0 Å².